The second-order valence-corrected chi connectivity index (χ2v) is 5.15. The van der Waals surface area contributed by atoms with Crippen molar-refractivity contribution in [3.63, 3.8) is 0 Å². The van der Waals surface area contributed by atoms with E-state index >= 15 is 0 Å². The largest absolute Gasteiger partial charge is 0.355 e. The molecule has 0 aromatic heterocycles. The molecule has 1 unspecified atom stereocenters. The highest BCUT2D eigenvalue weighted by molar-refractivity contribution is 9.10. The maximum absolute atomic E-state index is 12.0. The van der Waals surface area contributed by atoms with Crippen LogP contribution in [0.1, 0.15) is 18.9 Å². The zero-order valence-corrected chi connectivity index (χ0v) is 12.6. The molecule has 0 fully saturated rings. The average Bonchev–Trinajstić information content (AvgIpc) is 2.38. The maximum Gasteiger partial charge on any atom is 0.223 e. The van der Waals surface area contributed by atoms with Crippen LogP contribution in [-0.4, -0.2) is 26.0 Å². The van der Waals surface area contributed by atoms with Gasteiger partial charge in [0.25, 0.3) is 0 Å². The number of likely N-dealkylation sites (N-methyl/N-ethyl adjacent to an activating group) is 1. The maximum atomic E-state index is 12.0. The van der Waals surface area contributed by atoms with Gasteiger partial charge in [-0.05, 0) is 31.5 Å². The molecule has 100 valence electrons. The predicted molar refractivity (Wildman–Crippen MR) is 78.6 cm³/mol. The summed E-state index contributed by atoms with van der Waals surface area (Å²) in [5.74, 6) is 0.184. The van der Waals surface area contributed by atoms with Gasteiger partial charge in [-0.25, -0.2) is 0 Å². The highest BCUT2D eigenvalue weighted by atomic mass is 79.9. The molecule has 0 bridgehead atoms. The van der Waals surface area contributed by atoms with E-state index in [0.29, 0.717) is 6.54 Å². The molecule has 0 spiro atoms. The number of hydrogen-bond donors (Lipinski definition) is 2. The molecule has 18 heavy (non-hydrogen) atoms. The molecule has 0 aliphatic rings. The summed E-state index contributed by atoms with van der Waals surface area (Å²) in [5.41, 5.74) is 1.19. The molecular weight excluding hydrogens is 292 g/mol. The summed E-state index contributed by atoms with van der Waals surface area (Å²) in [6.07, 6.45) is 1.63. The van der Waals surface area contributed by atoms with Crippen LogP contribution in [0.3, 0.4) is 0 Å². The fourth-order valence-electron chi connectivity index (χ4n) is 1.81. The smallest absolute Gasteiger partial charge is 0.223 e. The number of carbonyl (C=O) groups excluding carboxylic acids is 1. The van der Waals surface area contributed by atoms with Gasteiger partial charge in [0.2, 0.25) is 5.91 Å². The summed E-state index contributed by atoms with van der Waals surface area (Å²) < 4.78 is 1.08. The Balaban J connectivity index is 2.56. The molecule has 0 saturated carbocycles. The quantitative estimate of drug-likeness (QED) is 0.759. The first-order chi connectivity index (χ1) is 8.69. The lowest BCUT2D eigenvalue weighted by Gasteiger charge is -2.15. The minimum absolute atomic E-state index is 0.0422. The molecule has 0 saturated heterocycles. The molecule has 1 aromatic carbocycles. The summed E-state index contributed by atoms with van der Waals surface area (Å²) >= 11 is 3.53. The van der Waals surface area contributed by atoms with E-state index in [1.807, 2.05) is 25.2 Å². The van der Waals surface area contributed by atoms with Gasteiger partial charge in [0.15, 0.2) is 0 Å². The van der Waals surface area contributed by atoms with Crippen LogP contribution in [0.4, 0.5) is 0 Å². The molecular formula is C14H21BrN2O. The van der Waals surface area contributed by atoms with Crippen LogP contribution in [0.15, 0.2) is 28.7 Å². The first kappa shape index (κ1) is 15.2. The van der Waals surface area contributed by atoms with Gasteiger partial charge in [0.1, 0.15) is 0 Å². The van der Waals surface area contributed by atoms with E-state index in [1.165, 1.54) is 5.56 Å². The third-order valence-electron chi connectivity index (χ3n) is 2.96. The summed E-state index contributed by atoms with van der Waals surface area (Å²) in [4.78, 5) is 12.0. The summed E-state index contributed by atoms with van der Waals surface area (Å²) in [6, 6.07) is 8.07. The van der Waals surface area contributed by atoms with Crippen molar-refractivity contribution in [2.75, 3.05) is 20.1 Å². The van der Waals surface area contributed by atoms with E-state index in [0.717, 1.165) is 23.9 Å². The first-order valence-corrected chi connectivity index (χ1v) is 7.14. The van der Waals surface area contributed by atoms with Crippen molar-refractivity contribution in [1.29, 1.82) is 0 Å². The molecule has 1 atom stereocenters. The van der Waals surface area contributed by atoms with Crippen molar-refractivity contribution < 1.29 is 4.79 Å². The SMILES string of the molecule is CCC(Cc1ccccc1Br)C(=O)NCCNC. The molecule has 1 amide bonds. The van der Waals surface area contributed by atoms with Gasteiger partial charge >= 0.3 is 0 Å². The molecule has 0 heterocycles. The van der Waals surface area contributed by atoms with Crippen LogP contribution in [0.2, 0.25) is 0 Å². The summed E-state index contributed by atoms with van der Waals surface area (Å²) in [5, 5.41) is 5.97. The van der Waals surface area contributed by atoms with Crippen molar-refractivity contribution in [3.05, 3.63) is 34.3 Å². The zero-order valence-electron chi connectivity index (χ0n) is 11.0. The molecule has 0 radical (unpaired) electrons. The van der Waals surface area contributed by atoms with Gasteiger partial charge in [-0.15, -0.1) is 0 Å². The Morgan fingerprint density at radius 2 is 2.06 bits per heavy atom. The Morgan fingerprint density at radius 1 is 1.33 bits per heavy atom. The number of rotatable bonds is 7. The van der Waals surface area contributed by atoms with Crippen LogP contribution in [0.25, 0.3) is 0 Å². The molecule has 0 aliphatic heterocycles. The summed E-state index contributed by atoms with van der Waals surface area (Å²) in [6.45, 7) is 3.54. The minimum atomic E-state index is 0.0422. The Hall–Kier alpha value is -0.870. The van der Waals surface area contributed by atoms with E-state index < -0.39 is 0 Å². The third kappa shape index (κ3) is 4.78. The second-order valence-electron chi connectivity index (χ2n) is 4.30. The second kappa shape index (κ2) is 8.27. The van der Waals surface area contributed by atoms with Crippen molar-refractivity contribution in [3.8, 4) is 0 Å². The van der Waals surface area contributed by atoms with E-state index in [9.17, 15) is 4.79 Å². The molecule has 2 N–H and O–H groups in total. The number of benzene rings is 1. The normalized spacial score (nSPS) is 12.2. The van der Waals surface area contributed by atoms with Crippen LogP contribution < -0.4 is 10.6 Å². The predicted octanol–water partition coefficient (Wildman–Crippen LogP) is 2.35. The Morgan fingerprint density at radius 3 is 2.67 bits per heavy atom. The Bertz CT molecular complexity index is 382. The number of nitrogens with one attached hydrogen (secondary N) is 2. The van der Waals surface area contributed by atoms with Crippen LogP contribution >= 0.6 is 15.9 Å². The lowest BCUT2D eigenvalue weighted by Crippen LogP contribution is -2.35. The molecule has 1 aromatic rings. The van der Waals surface area contributed by atoms with Gasteiger partial charge < -0.3 is 10.6 Å². The Labute approximate surface area is 117 Å². The molecule has 1 rings (SSSR count). The lowest BCUT2D eigenvalue weighted by atomic mass is 9.96. The minimum Gasteiger partial charge on any atom is -0.355 e. The number of halogens is 1. The van der Waals surface area contributed by atoms with E-state index in [4.69, 9.17) is 0 Å². The Kier molecular flexibility index (Phi) is 6.98. The fourth-order valence-corrected chi connectivity index (χ4v) is 2.25. The standard InChI is InChI=1S/C14H21BrN2O/c1-3-11(14(18)17-9-8-16-2)10-12-6-4-5-7-13(12)15/h4-7,11,16H,3,8-10H2,1-2H3,(H,17,18). The topological polar surface area (TPSA) is 41.1 Å². The van der Waals surface area contributed by atoms with E-state index in [-0.39, 0.29) is 11.8 Å². The number of hydrogen-bond acceptors (Lipinski definition) is 2. The average molecular weight is 313 g/mol. The van der Waals surface area contributed by atoms with Crippen molar-refractivity contribution in [2.24, 2.45) is 5.92 Å². The monoisotopic (exact) mass is 312 g/mol. The van der Waals surface area contributed by atoms with Gasteiger partial charge in [-0.3, -0.25) is 4.79 Å². The van der Waals surface area contributed by atoms with Crippen molar-refractivity contribution in [1.82, 2.24) is 10.6 Å². The van der Waals surface area contributed by atoms with Gasteiger partial charge in [-0.1, -0.05) is 41.1 Å². The highest BCUT2D eigenvalue weighted by Crippen LogP contribution is 2.20. The van der Waals surface area contributed by atoms with Crippen molar-refractivity contribution in [2.45, 2.75) is 19.8 Å². The fraction of sp³-hybridized carbons (Fsp3) is 0.500. The zero-order chi connectivity index (χ0) is 13.4. The first-order valence-electron chi connectivity index (χ1n) is 6.34. The van der Waals surface area contributed by atoms with Gasteiger partial charge in [0, 0.05) is 23.5 Å². The van der Waals surface area contributed by atoms with Crippen LogP contribution in [0.5, 0.6) is 0 Å². The molecule has 3 nitrogen and oxygen atoms in total. The number of amides is 1. The molecule has 4 heteroatoms. The van der Waals surface area contributed by atoms with Gasteiger partial charge in [0.05, 0.1) is 0 Å². The lowest BCUT2D eigenvalue weighted by molar-refractivity contribution is -0.125. The van der Waals surface area contributed by atoms with Crippen LogP contribution in [-0.2, 0) is 11.2 Å². The van der Waals surface area contributed by atoms with E-state index in [1.54, 1.807) is 0 Å². The summed E-state index contributed by atoms with van der Waals surface area (Å²) in [7, 11) is 1.88. The molecule has 0 aliphatic carbocycles. The van der Waals surface area contributed by atoms with Gasteiger partial charge in [-0.2, -0.15) is 0 Å². The highest BCUT2D eigenvalue weighted by Gasteiger charge is 2.17. The third-order valence-corrected chi connectivity index (χ3v) is 3.74. The van der Waals surface area contributed by atoms with Crippen molar-refractivity contribution >= 4 is 21.8 Å². The van der Waals surface area contributed by atoms with E-state index in [2.05, 4.69) is 39.6 Å². The number of carbonyl (C=O) groups is 1. The van der Waals surface area contributed by atoms with Crippen LogP contribution in [0, 0.1) is 5.92 Å².